The molecule has 0 aliphatic rings. The summed E-state index contributed by atoms with van der Waals surface area (Å²) < 4.78 is 0. The van der Waals surface area contributed by atoms with Crippen LogP contribution in [0, 0.1) is 0 Å². The molecule has 1 aromatic carbocycles. The molecular formula is C17H27N3. The van der Waals surface area contributed by atoms with E-state index in [0.717, 1.165) is 18.9 Å². The zero-order chi connectivity index (χ0) is 15.0. The van der Waals surface area contributed by atoms with E-state index in [4.69, 9.17) is 0 Å². The van der Waals surface area contributed by atoms with Crippen molar-refractivity contribution in [2.45, 2.75) is 32.6 Å². The molecule has 0 spiro atoms. The van der Waals surface area contributed by atoms with Crippen molar-refractivity contribution < 1.29 is 0 Å². The molecular weight excluding hydrogens is 246 g/mol. The number of aliphatic imine (C=N–C) groups is 1. The van der Waals surface area contributed by atoms with Crippen molar-refractivity contribution in [3.05, 3.63) is 48.0 Å². The monoisotopic (exact) mass is 273 g/mol. The minimum atomic E-state index is 0.0536. The number of rotatable bonds is 6. The first kappa shape index (κ1) is 16.3. The first-order valence-corrected chi connectivity index (χ1v) is 7.18. The third-order valence-corrected chi connectivity index (χ3v) is 3.48. The molecule has 0 bridgehead atoms. The molecule has 0 unspecified atom stereocenters. The second-order valence-corrected chi connectivity index (χ2v) is 5.53. The molecule has 0 aliphatic heterocycles. The molecule has 110 valence electrons. The third kappa shape index (κ3) is 4.72. The van der Waals surface area contributed by atoms with Crippen LogP contribution in [-0.4, -0.2) is 26.1 Å². The predicted molar refractivity (Wildman–Crippen MR) is 88.4 cm³/mol. The average molecular weight is 273 g/mol. The van der Waals surface area contributed by atoms with Crippen LogP contribution >= 0.6 is 0 Å². The lowest BCUT2D eigenvalue weighted by Gasteiger charge is -2.27. The fourth-order valence-electron chi connectivity index (χ4n) is 1.99. The zero-order valence-corrected chi connectivity index (χ0v) is 13.2. The van der Waals surface area contributed by atoms with Crippen LogP contribution < -0.4 is 10.6 Å². The molecule has 3 heteroatoms. The Kier molecular flexibility index (Phi) is 6.29. The van der Waals surface area contributed by atoms with Gasteiger partial charge in [-0.2, -0.15) is 0 Å². The largest absolute Gasteiger partial charge is 0.356 e. The molecule has 0 aliphatic carbocycles. The van der Waals surface area contributed by atoms with Crippen LogP contribution in [0.25, 0.3) is 0 Å². The predicted octanol–water partition coefficient (Wildman–Crippen LogP) is 2.88. The van der Waals surface area contributed by atoms with Gasteiger partial charge in [0.05, 0.1) is 0 Å². The Bertz CT molecular complexity index is 444. The van der Waals surface area contributed by atoms with Gasteiger partial charge in [-0.25, -0.2) is 0 Å². The van der Waals surface area contributed by atoms with E-state index in [9.17, 15) is 0 Å². The van der Waals surface area contributed by atoms with Gasteiger partial charge in [-0.3, -0.25) is 4.99 Å². The van der Waals surface area contributed by atoms with E-state index in [-0.39, 0.29) is 5.41 Å². The number of benzene rings is 1. The lowest BCUT2D eigenvalue weighted by Crippen LogP contribution is -2.43. The Labute approximate surface area is 123 Å². The highest BCUT2D eigenvalue weighted by atomic mass is 15.2. The maximum atomic E-state index is 4.20. The lowest BCUT2D eigenvalue weighted by atomic mass is 9.84. The minimum absolute atomic E-state index is 0.0536. The summed E-state index contributed by atoms with van der Waals surface area (Å²) >= 11 is 0. The van der Waals surface area contributed by atoms with Gasteiger partial charge in [0.2, 0.25) is 0 Å². The molecule has 3 nitrogen and oxygen atoms in total. The Morgan fingerprint density at radius 1 is 1.25 bits per heavy atom. The lowest BCUT2D eigenvalue weighted by molar-refractivity contribution is 0.509. The minimum Gasteiger partial charge on any atom is -0.356 e. The van der Waals surface area contributed by atoms with Gasteiger partial charge in [-0.15, -0.1) is 6.58 Å². The molecule has 1 rings (SSSR count). The number of guanidine groups is 1. The van der Waals surface area contributed by atoms with Gasteiger partial charge >= 0.3 is 0 Å². The summed E-state index contributed by atoms with van der Waals surface area (Å²) in [5.74, 6) is 0.808. The van der Waals surface area contributed by atoms with Gasteiger partial charge < -0.3 is 10.6 Å². The third-order valence-electron chi connectivity index (χ3n) is 3.48. The van der Waals surface area contributed by atoms with E-state index >= 15 is 0 Å². The fourth-order valence-corrected chi connectivity index (χ4v) is 1.99. The molecule has 0 fully saturated rings. The van der Waals surface area contributed by atoms with Crippen LogP contribution in [0.4, 0.5) is 0 Å². The van der Waals surface area contributed by atoms with Crippen molar-refractivity contribution in [1.82, 2.24) is 10.6 Å². The standard InChI is InChI=1S/C17H27N3/c1-6-12-19-16(18-5)20-13-17(3,4)15-10-8-14(7-2)9-11-15/h6,8-11H,1,7,12-13H2,2-5H3,(H2,18,19,20). The molecule has 0 aromatic heterocycles. The summed E-state index contributed by atoms with van der Waals surface area (Å²) in [6, 6.07) is 8.87. The van der Waals surface area contributed by atoms with Gasteiger partial charge in [0.25, 0.3) is 0 Å². The van der Waals surface area contributed by atoms with E-state index in [0.29, 0.717) is 6.54 Å². The summed E-state index contributed by atoms with van der Waals surface area (Å²) in [7, 11) is 1.78. The second-order valence-electron chi connectivity index (χ2n) is 5.53. The Hall–Kier alpha value is -1.77. The van der Waals surface area contributed by atoms with E-state index in [1.165, 1.54) is 11.1 Å². The topological polar surface area (TPSA) is 36.4 Å². The van der Waals surface area contributed by atoms with E-state index in [2.05, 4.69) is 67.2 Å². The number of aryl methyl sites for hydroxylation is 1. The van der Waals surface area contributed by atoms with Crippen molar-refractivity contribution in [2.75, 3.05) is 20.1 Å². The van der Waals surface area contributed by atoms with Gasteiger partial charge in [0, 0.05) is 25.6 Å². The molecule has 0 saturated heterocycles. The number of nitrogens with one attached hydrogen (secondary N) is 2. The molecule has 0 heterocycles. The van der Waals surface area contributed by atoms with Gasteiger partial charge in [-0.05, 0) is 17.5 Å². The SMILES string of the molecule is C=CCNC(=NC)NCC(C)(C)c1ccc(CC)cc1. The van der Waals surface area contributed by atoms with Crippen LogP contribution in [0.2, 0.25) is 0 Å². The Morgan fingerprint density at radius 2 is 1.90 bits per heavy atom. The Balaban J connectivity index is 2.65. The summed E-state index contributed by atoms with van der Waals surface area (Å²) in [5, 5.41) is 6.54. The van der Waals surface area contributed by atoms with Crippen LogP contribution in [0.15, 0.2) is 41.9 Å². The molecule has 1 aromatic rings. The highest BCUT2D eigenvalue weighted by Crippen LogP contribution is 2.22. The summed E-state index contributed by atoms with van der Waals surface area (Å²) in [6.07, 6.45) is 2.90. The molecule has 0 radical (unpaired) electrons. The maximum Gasteiger partial charge on any atom is 0.191 e. The highest BCUT2D eigenvalue weighted by molar-refractivity contribution is 5.79. The van der Waals surface area contributed by atoms with E-state index in [1.807, 2.05) is 6.08 Å². The molecule has 0 saturated carbocycles. The number of nitrogens with zero attached hydrogens (tertiary/aromatic N) is 1. The van der Waals surface area contributed by atoms with E-state index < -0.39 is 0 Å². The first-order chi connectivity index (χ1) is 9.53. The number of hydrogen-bond acceptors (Lipinski definition) is 1. The van der Waals surface area contributed by atoms with Gasteiger partial charge in [0.15, 0.2) is 5.96 Å². The molecule has 0 atom stereocenters. The van der Waals surface area contributed by atoms with E-state index in [1.54, 1.807) is 7.05 Å². The quantitative estimate of drug-likeness (QED) is 0.475. The smallest absolute Gasteiger partial charge is 0.191 e. The van der Waals surface area contributed by atoms with Crippen LogP contribution in [0.3, 0.4) is 0 Å². The summed E-state index contributed by atoms with van der Waals surface area (Å²) in [4.78, 5) is 4.20. The first-order valence-electron chi connectivity index (χ1n) is 7.18. The summed E-state index contributed by atoms with van der Waals surface area (Å²) in [5.41, 5.74) is 2.76. The Morgan fingerprint density at radius 3 is 2.40 bits per heavy atom. The summed E-state index contributed by atoms with van der Waals surface area (Å²) in [6.45, 7) is 11.9. The average Bonchev–Trinajstić information content (AvgIpc) is 2.47. The highest BCUT2D eigenvalue weighted by Gasteiger charge is 2.20. The van der Waals surface area contributed by atoms with Crippen molar-refractivity contribution in [2.24, 2.45) is 4.99 Å². The van der Waals surface area contributed by atoms with Crippen LogP contribution in [-0.2, 0) is 11.8 Å². The fraction of sp³-hybridized carbons (Fsp3) is 0.471. The molecule has 20 heavy (non-hydrogen) atoms. The van der Waals surface area contributed by atoms with Gasteiger partial charge in [-0.1, -0.05) is 51.1 Å². The van der Waals surface area contributed by atoms with Crippen molar-refractivity contribution in [3.63, 3.8) is 0 Å². The number of hydrogen-bond donors (Lipinski definition) is 2. The van der Waals surface area contributed by atoms with Crippen molar-refractivity contribution >= 4 is 5.96 Å². The zero-order valence-electron chi connectivity index (χ0n) is 13.2. The van der Waals surface area contributed by atoms with Crippen LogP contribution in [0.5, 0.6) is 0 Å². The maximum absolute atomic E-state index is 4.20. The molecule has 2 N–H and O–H groups in total. The normalized spacial score (nSPS) is 12.1. The van der Waals surface area contributed by atoms with Crippen molar-refractivity contribution in [1.29, 1.82) is 0 Å². The molecule has 0 amide bonds. The van der Waals surface area contributed by atoms with Crippen LogP contribution in [0.1, 0.15) is 31.9 Å². The van der Waals surface area contributed by atoms with Gasteiger partial charge in [0.1, 0.15) is 0 Å². The second kappa shape index (κ2) is 7.73. The van der Waals surface area contributed by atoms with Crippen molar-refractivity contribution in [3.8, 4) is 0 Å².